The van der Waals surface area contributed by atoms with Crippen LogP contribution in [0.25, 0.3) is 22.1 Å². The number of phenols is 1. The van der Waals surface area contributed by atoms with Crippen LogP contribution in [0.3, 0.4) is 0 Å². The Hall–Kier alpha value is -5.21. The highest BCUT2D eigenvalue weighted by molar-refractivity contribution is 5.88. The molecule has 0 aliphatic heterocycles. The van der Waals surface area contributed by atoms with Crippen LogP contribution >= 0.6 is 0 Å². The normalized spacial score (nSPS) is 10.5. The van der Waals surface area contributed by atoms with Gasteiger partial charge in [-0.25, -0.2) is 0 Å². The molecule has 2 aromatic carbocycles. The lowest BCUT2D eigenvalue weighted by Crippen LogP contribution is -2.11. The van der Waals surface area contributed by atoms with E-state index in [1.54, 1.807) is 0 Å². The fourth-order valence-electron chi connectivity index (χ4n) is 3.24. The molecule has 1 N–H and O–H groups in total. The average Bonchev–Trinajstić information content (AvgIpc) is 2.85. The van der Waals surface area contributed by atoms with Crippen molar-refractivity contribution in [3.63, 3.8) is 0 Å². The van der Waals surface area contributed by atoms with E-state index in [2.05, 4.69) is 9.68 Å². The maximum atomic E-state index is 13.0. The predicted octanol–water partition coefficient (Wildman–Crippen LogP) is 2.95. The van der Waals surface area contributed by atoms with Crippen molar-refractivity contribution < 1.29 is 48.4 Å². The van der Waals surface area contributed by atoms with Crippen molar-refractivity contribution >= 4 is 22.9 Å². The fraction of sp³-hybridized carbons (Fsp3) is 0.261. The first-order chi connectivity index (χ1) is 18.1. The molecule has 0 amide bonds. The van der Waals surface area contributed by atoms with Crippen LogP contribution in [0.4, 0.5) is 0 Å². The lowest BCUT2D eigenvalue weighted by Gasteiger charge is -2.09. The molecular formula is C23H20N2O13. The molecule has 0 saturated carbocycles. The molecule has 1 heterocycles. The molecule has 0 spiro atoms. The van der Waals surface area contributed by atoms with Gasteiger partial charge in [-0.15, -0.1) is 20.2 Å². The van der Waals surface area contributed by atoms with Crippen molar-refractivity contribution in [2.24, 2.45) is 0 Å². The molecule has 0 fully saturated rings. The number of nitrogens with zero attached hydrogens (tertiary/aromatic N) is 2. The first-order valence-corrected chi connectivity index (χ1v) is 11.0. The van der Waals surface area contributed by atoms with E-state index in [4.69, 9.17) is 13.9 Å². The van der Waals surface area contributed by atoms with Gasteiger partial charge in [0.1, 0.15) is 34.5 Å². The number of hydrogen-bond acceptors (Lipinski definition) is 13. The minimum absolute atomic E-state index is 0.0364. The third kappa shape index (κ3) is 7.64. The Morgan fingerprint density at radius 1 is 0.868 bits per heavy atom. The molecule has 200 valence electrons. The highest BCUT2D eigenvalue weighted by Crippen LogP contribution is 2.31. The minimum Gasteiger partial charge on any atom is -0.507 e. The van der Waals surface area contributed by atoms with Crippen LogP contribution < -0.4 is 14.9 Å². The van der Waals surface area contributed by atoms with Gasteiger partial charge >= 0.3 is 11.9 Å². The lowest BCUT2D eigenvalue weighted by atomic mass is 10.0. The number of carbonyl (C=O) groups is 2. The van der Waals surface area contributed by atoms with Gasteiger partial charge in [-0.05, 0) is 30.5 Å². The summed E-state index contributed by atoms with van der Waals surface area (Å²) < 4.78 is 15.7. The Bertz CT molecular complexity index is 1400. The second-order valence-electron chi connectivity index (χ2n) is 7.59. The molecule has 0 aliphatic carbocycles. The van der Waals surface area contributed by atoms with Crippen LogP contribution in [-0.4, -0.2) is 40.4 Å². The molecule has 0 bridgehead atoms. The van der Waals surface area contributed by atoms with E-state index in [1.165, 1.54) is 30.3 Å². The van der Waals surface area contributed by atoms with E-state index in [0.29, 0.717) is 5.56 Å². The summed E-state index contributed by atoms with van der Waals surface area (Å²) in [5, 5.41) is 28.5. The van der Waals surface area contributed by atoms with E-state index in [9.17, 15) is 39.7 Å². The standard InChI is InChI=1S/C23H20N2O13/c26-18-11-16(38-21(28)4-2-10-36-25(32)33)12-19-22(18)23(29)17(13-34-19)14-5-7-15(8-6-14)37-20(27)3-1-9-35-24(30)31/h5-8,11-13,26H,1-4,9-10H2. The summed E-state index contributed by atoms with van der Waals surface area (Å²) in [5.74, 6) is -1.77. The molecule has 0 aliphatic rings. The Kier molecular flexibility index (Phi) is 9.12. The third-order valence-electron chi connectivity index (χ3n) is 4.90. The van der Waals surface area contributed by atoms with Crippen molar-refractivity contribution in [2.45, 2.75) is 25.7 Å². The van der Waals surface area contributed by atoms with E-state index in [-0.39, 0.29) is 66.9 Å². The van der Waals surface area contributed by atoms with Gasteiger partial charge in [-0.1, -0.05) is 12.1 Å². The van der Waals surface area contributed by atoms with Gasteiger partial charge in [0.2, 0.25) is 5.43 Å². The summed E-state index contributed by atoms with van der Waals surface area (Å²) in [6.45, 7) is -0.523. The molecule has 0 saturated heterocycles. The van der Waals surface area contributed by atoms with Gasteiger partial charge in [0, 0.05) is 25.0 Å². The summed E-state index contributed by atoms with van der Waals surface area (Å²) in [6, 6.07) is 8.16. The summed E-state index contributed by atoms with van der Waals surface area (Å²) in [5.41, 5.74) is -0.135. The Labute approximate surface area is 212 Å². The van der Waals surface area contributed by atoms with Gasteiger partial charge in [0.25, 0.3) is 10.2 Å². The number of benzene rings is 2. The predicted molar refractivity (Wildman–Crippen MR) is 125 cm³/mol. The molecule has 3 rings (SSSR count). The van der Waals surface area contributed by atoms with E-state index in [1.807, 2.05) is 0 Å². The maximum Gasteiger partial charge on any atom is 0.311 e. The first-order valence-electron chi connectivity index (χ1n) is 11.0. The molecule has 3 aromatic rings. The van der Waals surface area contributed by atoms with Crippen molar-refractivity contribution in [1.29, 1.82) is 0 Å². The fourth-order valence-corrected chi connectivity index (χ4v) is 3.24. The SMILES string of the molecule is O=C(CCCO[N+](=O)[O-])Oc1ccc(-c2coc3cc(OC(=O)CCCO[N+](=O)[O-])cc(O)c3c2=O)cc1. The molecule has 0 radical (unpaired) electrons. The van der Waals surface area contributed by atoms with E-state index in [0.717, 1.165) is 12.3 Å². The zero-order chi connectivity index (χ0) is 27.7. The monoisotopic (exact) mass is 532 g/mol. The highest BCUT2D eigenvalue weighted by atomic mass is 17.0. The number of hydrogen-bond donors (Lipinski definition) is 1. The summed E-state index contributed by atoms with van der Waals surface area (Å²) in [6.07, 6.45) is 1.00. The first kappa shape index (κ1) is 27.4. The molecule has 1 aromatic heterocycles. The number of fused-ring (bicyclic) bond motifs is 1. The Morgan fingerprint density at radius 3 is 1.97 bits per heavy atom. The molecule has 0 unspecified atom stereocenters. The van der Waals surface area contributed by atoms with Crippen molar-refractivity contribution in [3.05, 3.63) is 73.1 Å². The summed E-state index contributed by atoms with van der Waals surface area (Å²) >= 11 is 0. The second-order valence-corrected chi connectivity index (χ2v) is 7.59. The van der Waals surface area contributed by atoms with Gasteiger partial charge in [0.15, 0.2) is 0 Å². The lowest BCUT2D eigenvalue weighted by molar-refractivity contribution is -0.757. The van der Waals surface area contributed by atoms with Crippen LogP contribution in [0.5, 0.6) is 17.2 Å². The molecular weight excluding hydrogens is 512 g/mol. The Morgan fingerprint density at radius 2 is 1.42 bits per heavy atom. The smallest absolute Gasteiger partial charge is 0.311 e. The number of rotatable bonds is 13. The second kappa shape index (κ2) is 12.7. The third-order valence-corrected chi connectivity index (χ3v) is 4.90. The van der Waals surface area contributed by atoms with Crippen molar-refractivity contribution in [1.82, 2.24) is 0 Å². The quantitative estimate of drug-likeness (QED) is 0.110. The molecule has 0 atom stereocenters. The van der Waals surface area contributed by atoms with Gasteiger partial charge in [-0.3, -0.25) is 14.4 Å². The van der Waals surface area contributed by atoms with Gasteiger partial charge < -0.3 is 28.7 Å². The number of phenolic OH excluding ortho intramolecular Hbond substituents is 1. The van der Waals surface area contributed by atoms with Gasteiger partial charge in [0.05, 0.1) is 18.8 Å². The van der Waals surface area contributed by atoms with Gasteiger partial charge in [-0.2, -0.15) is 0 Å². The maximum absolute atomic E-state index is 13.0. The zero-order valence-corrected chi connectivity index (χ0v) is 19.5. The highest BCUT2D eigenvalue weighted by Gasteiger charge is 2.16. The number of esters is 2. The molecule has 15 nitrogen and oxygen atoms in total. The average molecular weight is 532 g/mol. The van der Waals surface area contributed by atoms with Crippen LogP contribution in [-0.2, 0) is 19.3 Å². The largest absolute Gasteiger partial charge is 0.507 e. The van der Waals surface area contributed by atoms with Crippen LogP contribution in [0.1, 0.15) is 25.7 Å². The molecule has 38 heavy (non-hydrogen) atoms. The van der Waals surface area contributed by atoms with Crippen molar-refractivity contribution in [2.75, 3.05) is 13.2 Å². The summed E-state index contributed by atoms with van der Waals surface area (Å²) in [4.78, 5) is 65.2. The number of ether oxygens (including phenoxy) is 2. The molecule has 15 heteroatoms. The number of aromatic hydroxyl groups is 1. The minimum atomic E-state index is -0.976. The van der Waals surface area contributed by atoms with E-state index < -0.39 is 33.3 Å². The Balaban J connectivity index is 1.67. The van der Waals surface area contributed by atoms with Crippen LogP contribution in [0.2, 0.25) is 0 Å². The summed E-state index contributed by atoms with van der Waals surface area (Å²) in [7, 11) is 0. The topological polar surface area (TPSA) is 208 Å². The van der Waals surface area contributed by atoms with E-state index >= 15 is 0 Å². The number of carbonyl (C=O) groups excluding carboxylic acids is 2. The zero-order valence-electron chi connectivity index (χ0n) is 19.5. The van der Waals surface area contributed by atoms with Crippen LogP contribution in [0.15, 0.2) is 51.9 Å². The van der Waals surface area contributed by atoms with Crippen molar-refractivity contribution in [3.8, 4) is 28.4 Å². The van der Waals surface area contributed by atoms with Crippen LogP contribution in [0, 0.1) is 20.2 Å².